The molecule has 4 aliphatic rings. The number of anilines is 1. The molecular weight excluding hydrogens is 510 g/mol. The lowest BCUT2D eigenvalue weighted by molar-refractivity contribution is -0.136. The molecule has 3 saturated heterocycles. The molecule has 10 nitrogen and oxygen atoms in total. The van der Waals surface area contributed by atoms with Crippen molar-refractivity contribution in [3.05, 3.63) is 23.8 Å². The molecule has 5 rings (SSSR count). The van der Waals surface area contributed by atoms with Crippen LogP contribution in [0.1, 0.15) is 31.2 Å². The van der Waals surface area contributed by atoms with Crippen LogP contribution < -0.4 is 15.0 Å². The van der Waals surface area contributed by atoms with Gasteiger partial charge in [0.2, 0.25) is 11.8 Å². The van der Waals surface area contributed by atoms with E-state index in [1.807, 2.05) is 9.80 Å². The van der Waals surface area contributed by atoms with Gasteiger partial charge in [0.05, 0.1) is 33.0 Å². The molecule has 0 unspecified atom stereocenters. The standard InChI is InChI=1S/C30H47N5O5/c1-38-16-12-32-8-10-34(11-9-32)29(36)20-24-6-7-35-23-25(24)3-2-15-40-28-5-4-27(33-13-17-39-18-14-33)19-26(28)21-31-22-30(35)37/h4-5,19,24-25,31H,2-3,6-18,20-23H2,1H3/t24-,25-/m0/s1. The summed E-state index contributed by atoms with van der Waals surface area (Å²) in [6.45, 7) is 11.3. The van der Waals surface area contributed by atoms with E-state index in [-0.39, 0.29) is 11.8 Å². The maximum atomic E-state index is 13.3. The first-order valence-corrected chi connectivity index (χ1v) is 15.2. The third-order valence-corrected chi connectivity index (χ3v) is 9.01. The zero-order chi connectivity index (χ0) is 27.7. The summed E-state index contributed by atoms with van der Waals surface area (Å²) in [6.07, 6.45) is 3.34. The van der Waals surface area contributed by atoms with E-state index in [2.05, 4.69) is 33.3 Å². The first-order chi connectivity index (χ1) is 19.6. The molecule has 0 radical (unpaired) electrons. The van der Waals surface area contributed by atoms with Gasteiger partial charge in [0.15, 0.2) is 0 Å². The Balaban J connectivity index is 1.18. The second-order valence-electron chi connectivity index (χ2n) is 11.6. The van der Waals surface area contributed by atoms with E-state index in [4.69, 9.17) is 14.2 Å². The number of rotatable bonds is 6. The minimum atomic E-state index is 0.146. The number of nitrogens with one attached hydrogen (secondary N) is 1. The van der Waals surface area contributed by atoms with Crippen LogP contribution in [0.25, 0.3) is 0 Å². The van der Waals surface area contributed by atoms with Gasteiger partial charge in [-0.1, -0.05) is 0 Å². The Labute approximate surface area is 238 Å². The normalized spacial score (nSPS) is 25.3. The van der Waals surface area contributed by atoms with Crippen molar-refractivity contribution < 1.29 is 23.8 Å². The minimum absolute atomic E-state index is 0.146. The van der Waals surface area contributed by atoms with Crippen LogP contribution in [0.3, 0.4) is 0 Å². The molecule has 0 aromatic heterocycles. The average molecular weight is 558 g/mol. The summed E-state index contributed by atoms with van der Waals surface area (Å²) in [5.41, 5.74) is 2.26. The van der Waals surface area contributed by atoms with Crippen LogP contribution in [0.5, 0.6) is 5.75 Å². The summed E-state index contributed by atoms with van der Waals surface area (Å²) in [7, 11) is 1.73. The highest BCUT2D eigenvalue weighted by Gasteiger charge is 2.34. The molecule has 40 heavy (non-hydrogen) atoms. The number of hydrogen-bond acceptors (Lipinski definition) is 8. The Hall–Kier alpha value is -2.40. The van der Waals surface area contributed by atoms with Crippen molar-refractivity contribution in [3.63, 3.8) is 0 Å². The molecule has 1 aromatic rings. The molecule has 1 N–H and O–H groups in total. The molecule has 1 aromatic carbocycles. The van der Waals surface area contributed by atoms with Crippen molar-refractivity contribution in [3.8, 4) is 5.75 Å². The number of carbonyl (C=O) groups is 2. The predicted octanol–water partition coefficient (Wildman–Crippen LogP) is 1.43. The number of methoxy groups -OCH3 is 1. The molecular formula is C30H47N5O5. The molecule has 0 aliphatic carbocycles. The topological polar surface area (TPSA) is 86.8 Å². The largest absolute Gasteiger partial charge is 0.493 e. The summed E-state index contributed by atoms with van der Waals surface area (Å²) in [5, 5.41) is 3.38. The van der Waals surface area contributed by atoms with E-state index < -0.39 is 0 Å². The van der Waals surface area contributed by atoms with E-state index in [0.29, 0.717) is 38.0 Å². The van der Waals surface area contributed by atoms with Gasteiger partial charge >= 0.3 is 0 Å². The Kier molecular flexibility index (Phi) is 10.5. The molecule has 2 amide bonds. The Morgan fingerprint density at radius 1 is 1.00 bits per heavy atom. The predicted molar refractivity (Wildman–Crippen MR) is 154 cm³/mol. The Morgan fingerprint density at radius 3 is 2.62 bits per heavy atom. The molecule has 3 fully saturated rings. The van der Waals surface area contributed by atoms with Crippen LogP contribution in [0.4, 0.5) is 5.69 Å². The number of hydrogen-bond donors (Lipinski definition) is 1. The van der Waals surface area contributed by atoms with E-state index in [0.717, 1.165) is 109 Å². The molecule has 222 valence electrons. The molecule has 0 saturated carbocycles. The highest BCUT2D eigenvalue weighted by atomic mass is 16.5. The fourth-order valence-electron chi connectivity index (χ4n) is 6.50. The monoisotopic (exact) mass is 557 g/mol. The first kappa shape index (κ1) is 29.1. The number of benzene rings is 1. The first-order valence-electron chi connectivity index (χ1n) is 15.2. The lowest BCUT2D eigenvalue weighted by Gasteiger charge is -2.40. The highest BCUT2D eigenvalue weighted by Crippen LogP contribution is 2.32. The van der Waals surface area contributed by atoms with Crippen molar-refractivity contribution in [1.82, 2.24) is 20.0 Å². The van der Waals surface area contributed by atoms with Crippen molar-refractivity contribution >= 4 is 17.5 Å². The van der Waals surface area contributed by atoms with E-state index in [1.54, 1.807) is 7.11 Å². The number of fused-ring (bicyclic) bond motifs is 3. The van der Waals surface area contributed by atoms with Crippen LogP contribution in [0, 0.1) is 11.8 Å². The minimum Gasteiger partial charge on any atom is -0.493 e. The number of amides is 2. The summed E-state index contributed by atoms with van der Waals surface area (Å²) in [6, 6.07) is 6.39. The lowest BCUT2D eigenvalue weighted by Crippen LogP contribution is -2.51. The van der Waals surface area contributed by atoms with Crippen LogP contribution >= 0.6 is 0 Å². The van der Waals surface area contributed by atoms with E-state index in [1.165, 1.54) is 5.69 Å². The van der Waals surface area contributed by atoms with Gasteiger partial charge in [-0.05, 0) is 49.3 Å². The third-order valence-electron chi connectivity index (χ3n) is 9.01. The molecule has 0 spiro atoms. The SMILES string of the molecule is COCCN1CCN(C(=O)C[C@@H]2CCN3C[C@@H]2CCCOc2ccc(N4CCOCC4)cc2CNCC3=O)CC1. The number of ether oxygens (including phenoxy) is 3. The number of morpholine rings is 1. The average Bonchev–Trinajstić information content (AvgIpc) is 3.00. The summed E-state index contributed by atoms with van der Waals surface area (Å²) < 4.78 is 17.0. The van der Waals surface area contributed by atoms with Gasteiger partial charge in [0.1, 0.15) is 5.75 Å². The lowest BCUT2D eigenvalue weighted by atomic mass is 9.80. The smallest absolute Gasteiger partial charge is 0.236 e. The van der Waals surface area contributed by atoms with E-state index in [9.17, 15) is 9.59 Å². The van der Waals surface area contributed by atoms with Crippen molar-refractivity contribution in [2.45, 2.75) is 32.2 Å². The fourth-order valence-corrected chi connectivity index (χ4v) is 6.50. The van der Waals surface area contributed by atoms with Gasteiger partial charge in [-0.3, -0.25) is 14.5 Å². The Morgan fingerprint density at radius 2 is 1.82 bits per heavy atom. The summed E-state index contributed by atoms with van der Waals surface area (Å²) in [5.74, 6) is 1.92. The van der Waals surface area contributed by atoms with Gasteiger partial charge < -0.3 is 34.2 Å². The van der Waals surface area contributed by atoms with Crippen LogP contribution in [-0.4, -0.2) is 125 Å². The molecule has 2 bridgehead atoms. The highest BCUT2D eigenvalue weighted by molar-refractivity contribution is 5.79. The van der Waals surface area contributed by atoms with Crippen molar-refractivity contribution in [1.29, 1.82) is 0 Å². The van der Waals surface area contributed by atoms with Gasteiger partial charge in [0, 0.05) is 90.2 Å². The molecule has 2 atom stereocenters. The molecule has 4 aliphatic heterocycles. The van der Waals surface area contributed by atoms with E-state index >= 15 is 0 Å². The van der Waals surface area contributed by atoms with Gasteiger partial charge in [-0.15, -0.1) is 0 Å². The van der Waals surface area contributed by atoms with Crippen molar-refractivity contribution in [2.75, 3.05) is 104 Å². The quantitative estimate of drug-likeness (QED) is 0.563. The zero-order valence-corrected chi connectivity index (χ0v) is 24.2. The second-order valence-corrected chi connectivity index (χ2v) is 11.6. The third kappa shape index (κ3) is 7.66. The number of piperidine rings is 1. The maximum Gasteiger partial charge on any atom is 0.236 e. The summed E-state index contributed by atoms with van der Waals surface area (Å²) in [4.78, 5) is 35.2. The zero-order valence-electron chi connectivity index (χ0n) is 24.2. The molecule has 10 heteroatoms. The number of carbonyl (C=O) groups excluding carboxylic acids is 2. The maximum absolute atomic E-state index is 13.3. The number of piperazine rings is 1. The number of nitrogens with zero attached hydrogens (tertiary/aromatic N) is 4. The van der Waals surface area contributed by atoms with Crippen LogP contribution in [0.2, 0.25) is 0 Å². The molecule has 4 heterocycles. The second kappa shape index (κ2) is 14.5. The van der Waals surface area contributed by atoms with Crippen LogP contribution in [-0.2, 0) is 25.6 Å². The van der Waals surface area contributed by atoms with Crippen molar-refractivity contribution in [2.24, 2.45) is 11.8 Å². The Bertz CT molecular complexity index is 979. The fraction of sp³-hybridized carbons (Fsp3) is 0.733. The van der Waals surface area contributed by atoms with Gasteiger partial charge in [-0.25, -0.2) is 0 Å². The summed E-state index contributed by atoms with van der Waals surface area (Å²) >= 11 is 0. The van der Waals surface area contributed by atoms with Gasteiger partial charge in [0.25, 0.3) is 0 Å². The van der Waals surface area contributed by atoms with Crippen LogP contribution in [0.15, 0.2) is 18.2 Å². The van der Waals surface area contributed by atoms with Gasteiger partial charge in [-0.2, -0.15) is 0 Å².